The Morgan fingerprint density at radius 3 is 1.50 bits per heavy atom. The maximum Gasteiger partial charge on any atom is 0.339 e. The van der Waals surface area contributed by atoms with E-state index in [0.29, 0.717) is 11.1 Å². The van der Waals surface area contributed by atoms with Gasteiger partial charge in [-0.1, -0.05) is 0 Å². The van der Waals surface area contributed by atoms with E-state index in [-0.39, 0.29) is 0 Å². The predicted molar refractivity (Wildman–Crippen MR) is 79.8 cm³/mol. The monoisotopic (exact) mass is 310 g/mol. The lowest BCUT2D eigenvalue weighted by Gasteiger charge is -2.07. The molecule has 2 aromatic rings. The Hall–Kier alpha value is -1.66. The standard InChI is InChI=1S/C14H14O4S2/c1-7-11(9(5-19-7)13(15)17-3)12-8(2)20-6-10(12)14(16)18-4/h5-6H,1-4H3. The lowest BCUT2D eigenvalue weighted by atomic mass is 9.99. The zero-order chi connectivity index (χ0) is 14.9. The van der Waals surface area contributed by atoms with Crippen LogP contribution in [0.2, 0.25) is 0 Å². The Balaban J connectivity index is 2.69. The first-order valence-electron chi connectivity index (χ1n) is 5.84. The molecule has 0 aliphatic carbocycles. The fourth-order valence-electron chi connectivity index (χ4n) is 2.05. The third-order valence-electron chi connectivity index (χ3n) is 3.01. The van der Waals surface area contributed by atoms with Crippen molar-refractivity contribution in [2.45, 2.75) is 13.8 Å². The summed E-state index contributed by atoms with van der Waals surface area (Å²) in [6.45, 7) is 3.84. The number of aryl methyl sites for hydroxylation is 2. The van der Waals surface area contributed by atoms with Crippen molar-refractivity contribution in [1.29, 1.82) is 0 Å². The third-order valence-corrected chi connectivity index (χ3v) is 4.83. The summed E-state index contributed by atoms with van der Waals surface area (Å²) in [5.74, 6) is -0.795. The highest BCUT2D eigenvalue weighted by Gasteiger charge is 2.25. The molecule has 2 aromatic heterocycles. The van der Waals surface area contributed by atoms with E-state index in [1.54, 1.807) is 10.8 Å². The van der Waals surface area contributed by atoms with Crippen LogP contribution in [0.25, 0.3) is 11.1 Å². The highest BCUT2D eigenvalue weighted by Crippen LogP contribution is 2.39. The quantitative estimate of drug-likeness (QED) is 0.812. The summed E-state index contributed by atoms with van der Waals surface area (Å²) < 4.78 is 9.62. The second kappa shape index (κ2) is 5.76. The first-order valence-corrected chi connectivity index (χ1v) is 7.60. The van der Waals surface area contributed by atoms with Crippen molar-refractivity contribution < 1.29 is 19.1 Å². The van der Waals surface area contributed by atoms with Gasteiger partial charge in [0, 0.05) is 31.6 Å². The van der Waals surface area contributed by atoms with E-state index in [1.165, 1.54) is 36.9 Å². The summed E-state index contributed by atoms with van der Waals surface area (Å²) >= 11 is 2.92. The largest absolute Gasteiger partial charge is 0.465 e. The fourth-order valence-corrected chi connectivity index (χ4v) is 3.73. The summed E-state index contributed by atoms with van der Waals surface area (Å²) in [6.07, 6.45) is 0. The minimum Gasteiger partial charge on any atom is -0.465 e. The van der Waals surface area contributed by atoms with Crippen molar-refractivity contribution in [3.8, 4) is 11.1 Å². The van der Waals surface area contributed by atoms with E-state index in [0.717, 1.165) is 20.9 Å². The molecule has 6 heteroatoms. The van der Waals surface area contributed by atoms with Gasteiger partial charge in [0.2, 0.25) is 0 Å². The molecule has 0 N–H and O–H groups in total. The van der Waals surface area contributed by atoms with Crippen LogP contribution in [0.5, 0.6) is 0 Å². The molecular formula is C14H14O4S2. The molecule has 0 spiro atoms. The van der Waals surface area contributed by atoms with Gasteiger partial charge in [-0.15, -0.1) is 22.7 Å². The van der Waals surface area contributed by atoms with Gasteiger partial charge in [-0.2, -0.15) is 0 Å². The minimum atomic E-state index is -0.397. The molecule has 20 heavy (non-hydrogen) atoms. The molecule has 0 amide bonds. The number of hydrogen-bond donors (Lipinski definition) is 0. The van der Waals surface area contributed by atoms with Crippen LogP contribution in [0.15, 0.2) is 10.8 Å². The first kappa shape index (κ1) is 14.7. The maximum absolute atomic E-state index is 11.9. The molecule has 106 valence electrons. The van der Waals surface area contributed by atoms with Crippen molar-refractivity contribution in [3.63, 3.8) is 0 Å². The van der Waals surface area contributed by atoms with Crippen LogP contribution in [0.3, 0.4) is 0 Å². The van der Waals surface area contributed by atoms with Crippen molar-refractivity contribution in [3.05, 3.63) is 31.6 Å². The minimum absolute atomic E-state index is 0.397. The normalized spacial score (nSPS) is 10.4. The number of rotatable bonds is 3. The highest BCUT2D eigenvalue weighted by molar-refractivity contribution is 7.11. The highest BCUT2D eigenvalue weighted by atomic mass is 32.1. The molecule has 4 nitrogen and oxygen atoms in total. The number of methoxy groups -OCH3 is 2. The van der Waals surface area contributed by atoms with E-state index < -0.39 is 11.9 Å². The van der Waals surface area contributed by atoms with Crippen LogP contribution in [0.4, 0.5) is 0 Å². The van der Waals surface area contributed by atoms with E-state index >= 15 is 0 Å². The van der Waals surface area contributed by atoms with Crippen molar-refractivity contribution in [2.24, 2.45) is 0 Å². The third kappa shape index (κ3) is 2.36. The molecule has 0 fully saturated rings. The zero-order valence-electron chi connectivity index (χ0n) is 11.6. The fraction of sp³-hybridized carbons (Fsp3) is 0.286. The van der Waals surface area contributed by atoms with Crippen LogP contribution < -0.4 is 0 Å². The van der Waals surface area contributed by atoms with E-state index in [1.807, 2.05) is 13.8 Å². The van der Waals surface area contributed by atoms with Crippen LogP contribution in [0, 0.1) is 13.8 Å². The Morgan fingerprint density at radius 1 is 0.850 bits per heavy atom. The number of carbonyl (C=O) groups excluding carboxylic acids is 2. The average Bonchev–Trinajstić information content (AvgIpc) is 3.00. The van der Waals surface area contributed by atoms with Crippen LogP contribution in [-0.4, -0.2) is 26.2 Å². The Kier molecular flexibility index (Phi) is 4.25. The Labute approximate surface area is 125 Å². The van der Waals surface area contributed by atoms with Gasteiger partial charge in [0.05, 0.1) is 25.3 Å². The maximum atomic E-state index is 11.9. The van der Waals surface area contributed by atoms with Crippen molar-refractivity contribution >= 4 is 34.6 Å². The molecule has 2 heterocycles. The van der Waals surface area contributed by atoms with Gasteiger partial charge in [-0.3, -0.25) is 0 Å². The lowest BCUT2D eigenvalue weighted by Crippen LogP contribution is -2.05. The topological polar surface area (TPSA) is 52.6 Å². The lowest BCUT2D eigenvalue weighted by molar-refractivity contribution is 0.0590. The van der Waals surface area contributed by atoms with Gasteiger partial charge in [0.1, 0.15) is 0 Å². The summed E-state index contributed by atoms with van der Waals surface area (Å²) in [5, 5.41) is 3.52. The van der Waals surface area contributed by atoms with Gasteiger partial charge in [-0.05, 0) is 13.8 Å². The van der Waals surface area contributed by atoms with Crippen LogP contribution >= 0.6 is 22.7 Å². The summed E-state index contributed by atoms with van der Waals surface area (Å²) in [4.78, 5) is 25.7. The van der Waals surface area contributed by atoms with Gasteiger partial charge in [0.15, 0.2) is 0 Å². The molecule has 0 radical (unpaired) electrons. The van der Waals surface area contributed by atoms with Crippen molar-refractivity contribution in [2.75, 3.05) is 14.2 Å². The molecule has 0 saturated carbocycles. The van der Waals surface area contributed by atoms with Gasteiger partial charge < -0.3 is 9.47 Å². The molecule has 0 aliphatic rings. The molecular weight excluding hydrogens is 296 g/mol. The number of ether oxygens (including phenoxy) is 2. The predicted octanol–water partition coefficient (Wildman–Crippen LogP) is 3.67. The molecule has 0 aromatic carbocycles. The van der Waals surface area contributed by atoms with Crippen molar-refractivity contribution in [1.82, 2.24) is 0 Å². The van der Waals surface area contributed by atoms with E-state index in [9.17, 15) is 9.59 Å². The summed E-state index contributed by atoms with van der Waals surface area (Å²) in [5.41, 5.74) is 2.50. The molecule has 0 aliphatic heterocycles. The smallest absolute Gasteiger partial charge is 0.339 e. The zero-order valence-corrected chi connectivity index (χ0v) is 13.2. The average molecular weight is 310 g/mol. The Morgan fingerprint density at radius 2 is 1.20 bits per heavy atom. The molecule has 0 atom stereocenters. The molecule has 2 rings (SSSR count). The number of thiophene rings is 2. The van der Waals surface area contributed by atoms with Gasteiger partial charge in [0.25, 0.3) is 0 Å². The van der Waals surface area contributed by atoms with E-state index in [2.05, 4.69) is 0 Å². The first-order chi connectivity index (χ1) is 9.51. The number of hydrogen-bond acceptors (Lipinski definition) is 6. The summed E-state index contributed by atoms with van der Waals surface area (Å²) in [7, 11) is 2.70. The van der Waals surface area contributed by atoms with Gasteiger partial charge >= 0.3 is 11.9 Å². The molecule has 0 saturated heterocycles. The number of esters is 2. The molecule has 0 unspecified atom stereocenters. The SMILES string of the molecule is COC(=O)c1csc(C)c1-c1c(C(=O)OC)csc1C. The summed E-state index contributed by atoms with van der Waals surface area (Å²) in [6, 6.07) is 0. The second-order valence-corrected chi connectivity index (χ2v) is 6.31. The van der Waals surface area contributed by atoms with Crippen LogP contribution in [0.1, 0.15) is 30.5 Å². The van der Waals surface area contributed by atoms with Gasteiger partial charge in [-0.25, -0.2) is 9.59 Å². The second-order valence-electron chi connectivity index (χ2n) is 4.14. The van der Waals surface area contributed by atoms with E-state index in [4.69, 9.17) is 9.47 Å². The molecule has 0 bridgehead atoms. The Bertz CT molecular complexity index is 609. The van der Waals surface area contributed by atoms with Crippen LogP contribution in [-0.2, 0) is 9.47 Å². The number of carbonyl (C=O) groups is 2.